The Morgan fingerprint density at radius 2 is 1.95 bits per heavy atom. The van der Waals surface area contributed by atoms with Crippen LogP contribution in [0, 0.1) is 6.92 Å². The van der Waals surface area contributed by atoms with E-state index in [2.05, 4.69) is 21.2 Å². The van der Waals surface area contributed by atoms with Gasteiger partial charge >= 0.3 is 0 Å². The number of alkyl halides is 1. The zero-order valence-electron chi connectivity index (χ0n) is 11.1. The maximum absolute atomic E-state index is 12.2. The van der Waals surface area contributed by atoms with Crippen LogP contribution in [0.5, 0.6) is 0 Å². The average molecular weight is 353 g/mol. The first-order valence-corrected chi connectivity index (χ1v) is 7.61. The summed E-state index contributed by atoms with van der Waals surface area (Å²) in [5.41, 5.74) is 3.80. The smallest absolute Gasteiger partial charge is 0.252 e. The van der Waals surface area contributed by atoms with Gasteiger partial charge < -0.3 is 5.32 Å². The lowest BCUT2D eigenvalue weighted by atomic mass is 10.1. The van der Waals surface area contributed by atoms with Crippen LogP contribution in [0.15, 0.2) is 46.9 Å². The molecule has 0 aliphatic rings. The third-order valence-electron chi connectivity index (χ3n) is 2.97. The first kappa shape index (κ1) is 15.1. The van der Waals surface area contributed by atoms with E-state index in [0.29, 0.717) is 18.0 Å². The van der Waals surface area contributed by atoms with Gasteiger partial charge in [0.2, 0.25) is 0 Å². The molecule has 0 aliphatic heterocycles. The molecule has 0 fully saturated rings. The van der Waals surface area contributed by atoms with E-state index in [-0.39, 0.29) is 5.91 Å². The second kappa shape index (κ2) is 6.91. The van der Waals surface area contributed by atoms with Gasteiger partial charge in [-0.25, -0.2) is 0 Å². The highest BCUT2D eigenvalue weighted by atomic mass is 79.9. The number of halogens is 2. The van der Waals surface area contributed by atoms with Gasteiger partial charge in [0.05, 0.1) is 5.56 Å². The van der Waals surface area contributed by atoms with Crippen LogP contribution in [0.25, 0.3) is 0 Å². The summed E-state index contributed by atoms with van der Waals surface area (Å²) >= 11 is 9.20. The van der Waals surface area contributed by atoms with Crippen LogP contribution in [-0.4, -0.2) is 5.91 Å². The van der Waals surface area contributed by atoms with Crippen molar-refractivity contribution in [3.63, 3.8) is 0 Å². The summed E-state index contributed by atoms with van der Waals surface area (Å²) in [7, 11) is 0. The molecule has 4 heteroatoms. The summed E-state index contributed by atoms with van der Waals surface area (Å²) in [4.78, 5) is 12.2. The lowest BCUT2D eigenvalue weighted by Gasteiger charge is -2.08. The Labute approximate surface area is 132 Å². The fourth-order valence-corrected chi connectivity index (χ4v) is 2.51. The van der Waals surface area contributed by atoms with Gasteiger partial charge in [-0.2, -0.15) is 0 Å². The largest absolute Gasteiger partial charge is 0.348 e. The van der Waals surface area contributed by atoms with E-state index in [1.807, 2.05) is 49.4 Å². The quantitative estimate of drug-likeness (QED) is 0.811. The maximum Gasteiger partial charge on any atom is 0.252 e. The van der Waals surface area contributed by atoms with Crippen molar-refractivity contribution in [1.82, 2.24) is 5.32 Å². The molecule has 0 spiro atoms. The highest BCUT2D eigenvalue weighted by Crippen LogP contribution is 2.18. The molecule has 0 heterocycles. The van der Waals surface area contributed by atoms with E-state index in [1.54, 1.807) is 0 Å². The molecule has 0 radical (unpaired) electrons. The van der Waals surface area contributed by atoms with Crippen LogP contribution in [0.2, 0.25) is 0 Å². The molecule has 2 nitrogen and oxygen atoms in total. The minimum Gasteiger partial charge on any atom is -0.348 e. The molecule has 2 aromatic rings. The number of benzene rings is 2. The number of hydrogen-bond acceptors (Lipinski definition) is 1. The summed E-state index contributed by atoms with van der Waals surface area (Å²) in [6.07, 6.45) is 0. The third-order valence-corrected chi connectivity index (χ3v) is 3.97. The molecular formula is C16H15BrClNO. The van der Waals surface area contributed by atoms with Crippen molar-refractivity contribution in [3.05, 3.63) is 69.2 Å². The summed E-state index contributed by atoms with van der Waals surface area (Å²) < 4.78 is 0.801. The van der Waals surface area contributed by atoms with Gasteiger partial charge in [-0.05, 0) is 46.1 Å². The normalized spacial score (nSPS) is 10.3. The van der Waals surface area contributed by atoms with E-state index in [0.717, 1.165) is 21.2 Å². The number of hydrogen-bond donors (Lipinski definition) is 1. The highest BCUT2D eigenvalue weighted by molar-refractivity contribution is 9.10. The monoisotopic (exact) mass is 351 g/mol. The van der Waals surface area contributed by atoms with Crippen molar-refractivity contribution in [3.8, 4) is 0 Å². The Balaban J connectivity index is 2.06. The fourth-order valence-electron chi connectivity index (χ4n) is 1.91. The summed E-state index contributed by atoms with van der Waals surface area (Å²) in [6, 6.07) is 13.6. The second-order valence-corrected chi connectivity index (χ2v) is 5.74. The third kappa shape index (κ3) is 3.84. The molecular weight excluding hydrogens is 338 g/mol. The Hall–Kier alpha value is -1.32. The summed E-state index contributed by atoms with van der Waals surface area (Å²) in [5, 5.41) is 2.92. The van der Waals surface area contributed by atoms with Crippen LogP contribution in [0.1, 0.15) is 27.0 Å². The molecule has 20 heavy (non-hydrogen) atoms. The number of aryl methyl sites for hydroxylation is 1. The number of carbonyl (C=O) groups excluding carboxylic acids is 1. The van der Waals surface area contributed by atoms with Gasteiger partial charge in [-0.1, -0.05) is 35.9 Å². The van der Waals surface area contributed by atoms with Crippen LogP contribution >= 0.6 is 27.5 Å². The molecule has 1 N–H and O–H groups in total. The molecule has 0 saturated heterocycles. The van der Waals surface area contributed by atoms with E-state index in [1.165, 1.54) is 0 Å². The summed E-state index contributed by atoms with van der Waals surface area (Å²) in [5.74, 6) is 0.391. The van der Waals surface area contributed by atoms with Crippen LogP contribution in [0.3, 0.4) is 0 Å². The Morgan fingerprint density at radius 1 is 1.20 bits per heavy atom. The first-order valence-electron chi connectivity index (χ1n) is 6.28. The first-order chi connectivity index (χ1) is 9.60. The summed E-state index contributed by atoms with van der Waals surface area (Å²) in [6.45, 7) is 2.46. The zero-order chi connectivity index (χ0) is 14.5. The highest BCUT2D eigenvalue weighted by Gasteiger charge is 2.09. The number of amides is 1. The fraction of sp³-hybridized carbons (Fsp3) is 0.188. The molecule has 0 unspecified atom stereocenters. The zero-order valence-corrected chi connectivity index (χ0v) is 13.5. The van der Waals surface area contributed by atoms with Crippen LogP contribution in [0.4, 0.5) is 0 Å². The predicted molar refractivity (Wildman–Crippen MR) is 86.0 cm³/mol. The minimum atomic E-state index is -0.0862. The Bertz CT molecular complexity index is 628. The van der Waals surface area contributed by atoms with Gasteiger partial charge in [0.1, 0.15) is 0 Å². The molecule has 1 amide bonds. The lowest BCUT2D eigenvalue weighted by molar-refractivity contribution is 0.0950. The molecule has 104 valence electrons. The van der Waals surface area contributed by atoms with Gasteiger partial charge in [0, 0.05) is 16.9 Å². The van der Waals surface area contributed by atoms with E-state index < -0.39 is 0 Å². The van der Waals surface area contributed by atoms with Crippen molar-refractivity contribution in [1.29, 1.82) is 0 Å². The van der Waals surface area contributed by atoms with E-state index >= 15 is 0 Å². The number of nitrogens with one attached hydrogen (secondary N) is 1. The van der Waals surface area contributed by atoms with Crippen molar-refractivity contribution in [2.75, 3.05) is 0 Å². The van der Waals surface area contributed by atoms with Crippen LogP contribution < -0.4 is 5.32 Å². The van der Waals surface area contributed by atoms with Crippen molar-refractivity contribution in [2.24, 2.45) is 0 Å². The Morgan fingerprint density at radius 3 is 2.70 bits per heavy atom. The van der Waals surface area contributed by atoms with Crippen LogP contribution in [-0.2, 0) is 12.4 Å². The lowest BCUT2D eigenvalue weighted by Crippen LogP contribution is -2.23. The molecule has 0 aromatic heterocycles. The second-order valence-electron chi connectivity index (χ2n) is 4.62. The van der Waals surface area contributed by atoms with E-state index in [9.17, 15) is 4.79 Å². The minimum absolute atomic E-state index is 0.0862. The number of rotatable bonds is 4. The van der Waals surface area contributed by atoms with E-state index in [4.69, 9.17) is 11.6 Å². The van der Waals surface area contributed by atoms with Gasteiger partial charge in [-0.3, -0.25) is 4.79 Å². The molecule has 0 saturated carbocycles. The molecule has 2 aromatic carbocycles. The van der Waals surface area contributed by atoms with Crippen molar-refractivity contribution >= 4 is 33.4 Å². The molecule has 2 rings (SSSR count). The molecule has 0 bridgehead atoms. The van der Waals surface area contributed by atoms with Crippen molar-refractivity contribution in [2.45, 2.75) is 19.3 Å². The van der Waals surface area contributed by atoms with Crippen molar-refractivity contribution < 1.29 is 4.79 Å². The Kier molecular flexibility index (Phi) is 5.21. The predicted octanol–water partition coefficient (Wildman–Crippen LogP) is 4.43. The standard InChI is InChI=1S/C16H15BrClNO/c1-11-5-6-15(17)14(7-11)16(20)19-10-13-4-2-3-12(8-13)9-18/h2-8H,9-10H2,1H3,(H,19,20). The number of carbonyl (C=O) groups is 1. The average Bonchev–Trinajstić information content (AvgIpc) is 2.47. The van der Waals surface area contributed by atoms with Gasteiger partial charge in [0.25, 0.3) is 5.91 Å². The van der Waals surface area contributed by atoms with Gasteiger partial charge in [0.15, 0.2) is 0 Å². The maximum atomic E-state index is 12.2. The topological polar surface area (TPSA) is 29.1 Å². The molecule has 0 atom stereocenters. The van der Waals surface area contributed by atoms with Gasteiger partial charge in [-0.15, -0.1) is 11.6 Å². The molecule has 0 aliphatic carbocycles. The SMILES string of the molecule is Cc1ccc(Br)c(C(=O)NCc2cccc(CCl)c2)c1.